The summed E-state index contributed by atoms with van der Waals surface area (Å²) in [4.78, 5) is 12.5. The third-order valence-electron chi connectivity index (χ3n) is 4.30. The average molecular weight is 471 g/mol. The molecular formula is C22H14F5N7. The lowest BCUT2D eigenvalue weighted by Crippen LogP contribution is -2.09. The highest BCUT2D eigenvalue weighted by Crippen LogP contribution is 2.22. The van der Waals surface area contributed by atoms with Crippen molar-refractivity contribution in [2.24, 2.45) is 5.10 Å². The molecule has 0 saturated heterocycles. The van der Waals surface area contributed by atoms with Crippen molar-refractivity contribution in [3.63, 3.8) is 0 Å². The lowest BCUT2D eigenvalue weighted by Gasteiger charge is -2.10. The van der Waals surface area contributed by atoms with Crippen LogP contribution >= 0.6 is 0 Å². The number of anilines is 5. The Hall–Kier alpha value is -4.61. The Morgan fingerprint density at radius 2 is 0.971 bits per heavy atom. The number of aromatic nitrogens is 3. The van der Waals surface area contributed by atoms with E-state index in [1.807, 2.05) is 12.1 Å². The van der Waals surface area contributed by atoms with Crippen molar-refractivity contribution in [3.05, 3.63) is 95.3 Å². The number of hydrogen-bond acceptors (Lipinski definition) is 7. The van der Waals surface area contributed by atoms with Gasteiger partial charge in [0.05, 0.1) is 11.8 Å². The summed E-state index contributed by atoms with van der Waals surface area (Å²) in [5.74, 6) is -10.4. The first-order chi connectivity index (χ1) is 16.4. The molecule has 0 radical (unpaired) electrons. The molecule has 3 N–H and O–H groups in total. The summed E-state index contributed by atoms with van der Waals surface area (Å²) >= 11 is 0. The normalized spacial score (nSPS) is 11.0. The summed E-state index contributed by atoms with van der Waals surface area (Å²) in [6.07, 6.45) is 0.439. The highest BCUT2D eigenvalue weighted by atomic mass is 19.2. The van der Waals surface area contributed by atoms with Crippen molar-refractivity contribution in [1.82, 2.24) is 15.0 Å². The number of benzene rings is 3. The van der Waals surface area contributed by atoms with Crippen LogP contribution in [-0.4, -0.2) is 21.2 Å². The molecule has 0 aliphatic carbocycles. The Morgan fingerprint density at radius 3 is 1.44 bits per heavy atom. The standard InChI is InChI=1S/C22H14F5N7/c23-15-14(16(24)18(26)19(27)17(15)25)11-28-34-22-32-20(29-12-7-3-1-4-8-12)31-21(33-22)30-13-9-5-2-6-10-13/h1-11H,(H3,29,30,31,32,33,34). The predicted molar refractivity (Wildman–Crippen MR) is 117 cm³/mol. The molecule has 172 valence electrons. The van der Waals surface area contributed by atoms with Crippen molar-refractivity contribution in [1.29, 1.82) is 0 Å². The third kappa shape index (κ3) is 5.06. The zero-order valence-corrected chi connectivity index (χ0v) is 17.0. The molecule has 0 saturated carbocycles. The second-order valence-corrected chi connectivity index (χ2v) is 6.64. The van der Waals surface area contributed by atoms with Gasteiger partial charge in [0.15, 0.2) is 23.3 Å². The van der Waals surface area contributed by atoms with Gasteiger partial charge in [-0.05, 0) is 24.3 Å². The first-order valence-electron chi connectivity index (χ1n) is 9.63. The molecular weight excluding hydrogens is 457 g/mol. The number of nitrogens with one attached hydrogen (secondary N) is 3. The van der Waals surface area contributed by atoms with Gasteiger partial charge in [-0.3, -0.25) is 0 Å². The molecule has 34 heavy (non-hydrogen) atoms. The molecule has 0 fully saturated rings. The second-order valence-electron chi connectivity index (χ2n) is 6.64. The summed E-state index contributed by atoms with van der Waals surface area (Å²) in [6.45, 7) is 0. The highest BCUT2D eigenvalue weighted by Gasteiger charge is 2.24. The summed E-state index contributed by atoms with van der Waals surface area (Å²) in [6, 6.07) is 17.9. The lowest BCUT2D eigenvalue weighted by atomic mass is 10.2. The molecule has 12 heteroatoms. The Morgan fingerprint density at radius 1 is 0.559 bits per heavy atom. The Balaban J connectivity index is 1.63. The van der Waals surface area contributed by atoms with Crippen LogP contribution in [0.25, 0.3) is 0 Å². The van der Waals surface area contributed by atoms with Crippen molar-refractivity contribution in [3.8, 4) is 0 Å². The van der Waals surface area contributed by atoms with Crippen LogP contribution in [0.5, 0.6) is 0 Å². The van der Waals surface area contributed by atoms with Crippen LogP contribution in [-0.2, 0) is 0 Å². The average Bonchev–Trinajstić information content (AvgIpc) is 2.85. The predicted octanol–water partition coefficient (Wildman–Crippen LogP) is 5.50. The quantitative estimate of drug-likeness (QED) is 0.109. The van der Waals surface area contributed by atoms with E-state index in [2.05, 4.69) is 36.1 Å². The minimum Gasteiger partial charge on any atom is -0.324 e. The monoisotopic (exact) mass is 471 g/mol. The van der Waals surface area contributed by atoms with Gasteiger partial charge in [-0.1, -0.05) is 36.4 Å². The van der Waals surface area contributed by atoms with Gasteiger partial charge in [-0.25, -0.2) is 27.4 Å². The van der Waals surface area contributed by atoms with E-state index < -0.39 is 34.6 Å². The molecule has 0 spiro atoms. The molecule has 7 nitrogen and oxygen atoms in total. The maximum absolute atomic E-state index is 13.8. The zero-order chi connectivity index (χ0) is 24.1. The summed E-state index contributed by atoms with van der Waals surface area (Å²) in [5, 5.41) is 9.45. The molecule has 0 aliphatic rings. The molecule has 0 bridgehead atoms. The molecule has 1 heterocycles. The van der Waals surface area contributed by atoms with Gasteiger partial charge < -0.3 is 10.6 Å². The lowest BCUT2D eigenvalue weighted by molar-refractivity contribution is 0.377. The van der Waals surface area contributed by atoms with Crippen LogP contribution in [0, 0.1) is 29.1 Å². The fraction of sp³-hybridized carbons (Fsp3) is 0. The van der Waals surface area contributed by atoms with Crippen LogP contribution in [0.2, 0.25) is 0 Å². The van der Waals surface area contributed by atoms with Crippen LogP contribution in [0.3, 0.4) is 0 Å². The van der Waals surface area contributed by atoms with Crippen LogP contribution in [0.15, 0.2) is 65.8 Å². The van der Waals surface area contributed by atoms with Gasteiger partial charge in [-0.2, -0.15) is 20.1 Å². The fourth-order valence-electron chi connectivity index (χ4n) is 2.73. The smallest absolute Gasteiger partial charge is 0.250 e. The molecule has 4 aromatic rings. The van der Waals surface area contributed by atoms with Gasteiger partial charge in [0, 0.05) is 11.4 Å². The molecule has 4 rings (SSSR count). The number of hydrogen-bond donors (Lipinski definition) is 3. The van der Waals surface area contributed by atoms with E-state index in [-0.39, 0.29) is 17.8 Å². The minimum atomic E-state index is -2.26. The van der Waals surface area contributed by atoms with E-state index in [1.54, 1.807) is 48.5 Å². The van der Waals surface area contributed by atoms with Gasteiger partial charge in [0.1, 0.15) is 0 Å². The van der Waals surface area contributed by atoms with Gasteiger partial charge >= 0.3 is 0 Å². The van der Waals surface area contributed by atoms with Gasteiger partial charge in [0.25, 0.3) is 0 Å². The van der Waals surface area contributed by atoms with Crippen molar-refractivity contribution in [2.45, 2.75) is 0 Å². The number of rotatable bonds is 7. The fourth-order valence-corrected chi connectivity index (χ4v) is 2.73. The largest absolute Gasteiger partial charge is 0.324 e. The topological polar surface area (TPSA) is 87.1 Å². The molecule has 0 amide bonds. The van der Waals surface area contributed by atoms with E-state index in [1.165, 1.54) is 0 Å². The third-order valence-corrected chi connectivity index (χ3v) is 4.30. The van der Waals surface area contributed by atoms with Crippen LogP contribution < -0.4 is 16.1 Å². The number of hydrazone groups is 1. The molecule has 0 unspecified atom stereocenters. The Labute approximate surface area is 189 Å². The van der Waals surface area contributed by atoms with Gasteiger partial charge in [-0.15, -0.1) is 0 Å². The zero-order valence-electron chi connectivity index (χ0n) is 17.0. The van der Waals surface area contributed by atoms with Gasteiger partial charge in [0.2, 0.25) is 23.7 Å². The highest BCUT2D eigenvalue weighted by molar-refractivity contribution is 5.81. The van der Waals surface area contributed by atoms with Crippen LogP contribution in [0.4, 0.5) is 51.2 Å². The van der Waals surface area contributed by atoms with Crippen molar-refractivity contribution >= 4 is 35.4 Å². The first-order valence-corrected chi connectivity index (χ1v) is 9.63. The SMILES string of the molecule is Fc1c(F)c(F)c(C=NNc2nc(Nc3ccccc3)nc(Nc3ccccc3)n2)c(F)c1F. The van der Waals surface area contributed by atoms with Crippen LogP contribution in [0.1, 0.15) is 5.56 Å². The summed E-state index contributed by atoms with van der Waals surface area (Å²) in [7, 11) is 0. The Bertz CT molecular complexity index is 1250. The second kappa shape index (κ2) is 9.90. The molecule has 0 atom stereocenters. The maximum atomic E-state index is 13.8. The number of halogens is 5. The van der Waals surface area contributed by atoms with Crippen molar-refractivity contribution < 1.29 is 22.0 Å². The number of para-hydroxylation sites is 2. The molecule has 0 aliphatic heterocycles. The van der Waals surface area contributed by atoms with E-state index in [9.17, 15) is 22.0 Å². The molecule has 3 aromatic carbocycles. The molecule has 1 aromatic heterocycles. The summed E-state index contributed by atoms with van der Waals surface area (Å²) < 4.78 is 67.6. The van der Waals surface area contributed by atoms with E-state index in [0.29, 0.717) is 17.6 Å². The number of nitrogens with zero attached hydrogens (tertiary/aromatic N) is 4. The minimum absolute atomic E-state index is 0.0913. The first kappa shape index (κ1) is 22.6. The van der Waals surface area contributed by atoms with Crippen molar-refractivity contribution in [2.75, 3.05) is 16.1 Å². The Kier molecular flexibility index (Phi) is 6.57. The van der Waals surface area contributed by atoms with E-state index in [0.717, 1.165) is 0 Å². The van der Waals surface area contributed by atoms with E-state index >= 15 is 0 Å². The van der Waals surface area contributed by atoms with E-state index in [4.69, 9.17) is 0 Å². The maximum Gasteiger partial charge on any atom is 0.250 e. The summed E-state index contributed by atoms with van der Waals surface area (Å²) in [5.41, 5.74) is 2.41.